The Morgan fingerprint density at radius 3 is 1.36 bits per heavy atom. The molecular weight excluding hydrogens is 893 g/mol. The maximum atomic E-state index is 13.5. The minimum Gasteiger partial charge on any atom is -0.871 e. The Morgan fingerprint density at radius 1 is 0.529 bits per heavy atom. The molecule has 2 aliphatic carbocycles. The van der Waals surface area contributed by atoms with Crippen molar-refractivity contribution >= 4 is 86.8 Å². The number of carbonyl (C=O) groups excluding carboxylic acids is 5. The average Bonchev–Trinajstić information content (AvgIpc) is 3.65. The van der Waals surface area contributed by atoms with Crippen LogP contribution in [0.3, 0.4) is 0 Å². The molecule has 15 nitrogen and oxygen atoms in total. The van der Waals surface area contributed by atoms with Gasteiger partial charge < -0.3 is 39.7 Å². The summed E-state index contributed by atoms with van der Waals surface area (Å²) in [4.78, 5) is 69.1. The highest BCUT2D eigenvalue weighted by atomic mass is 16.7. The first-order chi connectivity index (χ1) is 33.5. The molecule has 4 heterocycles. The minimum absolute atomic E-state index is 0.100. The smallest absolute Gasteiger partial charge is 0.519 e. The van der Waals surface area contributed by atoms with Crippen molar-refractivity contribution in [1.82, 2.24) is 0 Å². The molecule has 0 radical (unpaired) electrons. The number of pyridine rings is 2. The lowest BCUT2D eigenvalue weighted by Crippen LogP contribution is -2.33. The molecule has 2 aliphatic heterocycles. The van der Waals surface area contributed by atoms with E-state index in [0.717, 1.165) is 22.5 Å². The highest BCUT2D eigenvalue weighted by Gasteiger charge is 2.34. The molecule has 0 saturated heterocycles. The lowest BCUT2D eigenvalue weighted by Gasteiger charge is -2.26. The van der Waals surface area contributed by atoms with Crippen molar-refractivity contribution in [3.8, 4) is 23.0 Å². The summed E-state index contributed by atoms with van der Waals surface area (Å²) in [6.45, 7) is 0. The zero-order valence-electron chi connectivity index (χ0n) is 37.7. The van der Waals surface area contributed by atoms with Gasteiger partial charge in [-0.05, 0) is 97.1 Å². The predicted octanol–water partition coefficient (Wildman–Crippen LogP) is 5.02. The average molecular weight is 931 g/mol. The molecule has 2 N–H and O–H groups in total. The van der Waals surface area contributed by atoms with Crippen LogP contribution in [-0.2, 0) is 33.3 Å². The van der Waals surface area contributed by atoms with E-state index < -0.39 is 40.8 Å². The number of phenols is 2. The van der Waals surface area contributed by atoms with Crippen molar-refractivity contribution in [2.75, 3.05) is 23.9 Å². The van der Waals surface area contributed by atoms with Crippen LogP contribution in [0.1, 0.15) is 22.5 Å². The first-order valence-electron chi connectivity index (χ1n) is 21.7. The number of ketones is 4. The molecule has 70 heavy (non-hydrogen) atoms. The van der Waals surface area contributed by atoms with Crippen molar-refractivity contribution in [1.29, 1.82) is 0 Å². The third-order valence-corrected chi connectivity index (χ3v) is 12.7. The van der Waals surface area contributed by atoms with Gasteiger partial charge in [0, 0.05) is 107 Å². The lowest BCUT2D eigenvalue weighted by molar-refractivity contribution is -0.646. The van der Waals surface area contributed by atoms with E-state index in [1.807, 2.05) is 0 Å². The number of nitrogens with zero attached hydrogens (tertiary/aromatic N) is 4. The summed E-state index contributed by atoms with van der Waals surface area (Å²) in [5, 5.41) is 48.1. The summed E-state index contributed by atoms with van der Waals surface area (Å²) >= 11 is 0. The van der Waals surface area contributed by atoms with Crippen molar-refractivity contribution in [2.45, 2.75) is 0 Å². The zero-order valence-corrected chi connectivity index (χ0v) is 37.7. The van der Waals surface area contributed by atoms with Gasteiger partial charge in [0.1, 0.15) is 37.1 Å². The SMILES string of the molecule is CN1/C(=C/C2=C([O-])C(=C\c3ccc4cc(OC(=O)Oc5ccc6c(ccc(/C=C7/C(=O)C(=O)C(/C=C8\C=Cc9cc(O)ccc9N8C)=C7[O-])[n+]6C)c5)ccc4[n+]3C)/C(=O)C2=O)C=Cc2cc(O)ccc21. The van der Waals surface area contributed by atoms with E-state index in [0.29, 0.717) is 44.6 Å². The lowest BCUT2D eigenvalue weighted by atomic mass is 10.0. The molecular formula is C55H38N4O11. The summed E-state index contributed by atoms with van der Waals surface area (Å²) in [5.41, 5.74) is 5.22. The van der Waals surface area contributed by atoms with Gasteiger partial charge in [-0.3, -0.25) is 19.2 Å². The van der Waals surface area contributed by atoms with E-state index in [-0.39, 0.29) is 45.3 Å². The zero-order chi connectivity index (χ0) is 49.3. The van der Waals surface area contributed by atoms with Gasteiger partial charge in [0.05, 0.1) is 10.8 Å². The number of ether oxygens (including phenoxy) is 2. The van der Waals surface area contributed by atoms with Crippen molar-refractivity contribution in [3.05, 3.63) is 189 Å². The first-order valence-corrected chi connectivity index (χ1v) is 21.7. The fourth-order valence-electron chi connectivity index (χ4n) is 8.84. The monoisotopic (exact) mass is 930 g/mol. The standard InChI is InChI=1S/C55H38N4O11/c1-56-33(9-5-29-21-37(60)13-17-45(29)56)25-41-49(62)43(53(66)51(41)64)27-35-11-7-31-23-39(15-19-47(31)58(35)3)69-55(68)70-40-16-20-48-32(24-40)8-12-36(59(48)4)28-44-50(63)42(52(65)54(44)67)26-34-10-6-30-22-38(61)14-18-46(30)57(34)2/h5-28H,1-4H3,(H2-2,60,61,62,63,64,65,66,67). The Kier molecular flexibility index (Phi) is 10.7. The topological polar surface area (TPSA) is 205 Å². The number of hydrogen-bond donors (Lipinski definition) is 2. The summed E-state index contributed by atoms with van der Waals surface area (Å²) in [6, 6.07) is 26.2. The number of anilines is 2. The number of aromatic nitrogens is 2. The Bertz CT molecular complexity index is 3460. The number of benzene rings is 4. The van der Waals surface area contributed by atoms with E-state index in [4.69, 9.17) is 9.47 Å². The molecule has 4 aromatic carbocycles. The van der Waals surface area contributed by atoms with Gasteiger partial charge in [0.25, 0.3) is 0 Å². The molecule has 4 aliphatic rings. The molecule has 0 saturated carbocycles. The Labute approximate surface area is 398 Å². The van der Waals surface area contributed by atoms with Crippen LogP contribution in [0.25, 0.3) is 46.1 Å². The second-order valence-corrected chi connectivity index (χ2v) is 16.9. The molecule has 0 fully saturated rings. The molecule has 15 heteroatoms. The van der Waals surface area contributed by atoms with Crippen LogP contribution in [0.4, 0.5) is 16.2 Å². The number of hydrogen-bond acceptors (Lipinski definition) is 13. The van der Waals surface area contributed by atoms with Gasteiger partial charge in [-0.2, -0.15) is 9.13 Å². The van der Waals surface area contributed by atoms with Crippen molar-refractivity contribution in [2.24, 2.45) is 14.1 Å². The fraction of sp³-hybridized carbons (Fsp3) is 0.0727. The van der Waals surface area contributed by atoms with Gasteiger partial charge in [-0.25, -0.2) is 4.79 Å². The van der Waals surface area contributed by atoms with Crippen LogP contribution < -0.4 is 38.6 Å². The van der Waals surface area contributed by atoms with Crippen LogP contribution in [0.5, 0.6) is 23.0 Å². The number of fused-ring (bicyclic) bond motifs is 4. The molecule has 10 rings (SSSR count). The fourth-order valence-corrected chi connectivity index (χ4v) is 8.84. The third-order valence-electron chi connectivity index (χ3n) is 12.7. The number of allylic oxidation sites excluding steroid dienone is 8. The minimum atomic E-state index is -1.01. The van der Waals surface area contributed by atoms with Crippen LogP contribution in [0, 0.1) is 0 Å². The molecule has 2 aromatic heterocycles. The number of Topliss-reactive ketones (excluding diaryl/α,β-unsaturated/α-hetero) is 4. The summed E-state index contributed by atoms with van der Waals surface area (Å²) in [6.07, 6.45) is 11.4. The molecule has 0 spiro atoms. The number of likely N-dealkylation sites (N-methyl/N-ethyl adjacent to an activating group) is 2. The number of aryl methyl sites for hydroxylation is 2. The maximum absolute atomic E-state index is 13.5. The van der Waals surface area contributed by atoms with E-state index >= 15 is 0 Å². The quantitative estimate of drug-likeness (QED) is 0.0741. The normalized spacial score (nSPS) is 17.9. The number of rotatable bonds is 6. The molecule has 6 aromatic rings. The van der Waals surface area contributed by atoms with E-state index in [1.165, 1.54) is 36.4 Å². The molecule has 0 unspecified atom stereocenters. The highest BCUT2D eigenvalue weighted by Crippen LogP contribution is 2.36. The summed E-state index contributed by atoms with van der Waals surface area (Å²) in [7, 11) is 6.96. The van der Waals surface area contributed by atoms with Crippen LogP contribution in [0.15, 0.2) is 167 Å². The third kappa shape index (κ3) is 7.66. The van der Waals surface area contributed by atoms with Gasteiger partial charge in [-0.15, -0.1) is 0 Å². The second kappa shape index (κ2) is 16.9. The van der Waals surface area contributed by atoms with Gasteiger partial charge in [0.2, 0.25) is 45.6 Å². The Balaban J connectivity index is 0.831. The molecule has 0 amide bonds. The number of carbonyl (C=O) groups is 5. The van der Waals surface area contributed by atoms with E-state index in [2.05, 4.69) is 0 Å². The highest BCUT2D eigenvalue weighted by molar-refractivity contribution is 6.55. The van der Waals surface area contributed by atoms with E-state index in [1.54, 1.807) is 156 Å². The van der Waals surface area contributed by atoms with Crippen LogP contribution in [-0.4, -0.2) is 53.6 Å². The van der Waals surface area contributed by atoms with Gasteiger partial charge in [0.15, 0.2) is 0 Å². The van der Waals surface area contributed by atoms with Crippen LogP contribution in [0.2, 0.25) is 0 Å². The number of aromatic hydroxyl groups is 2. The van der Waals surface area contributed by atoms with Crippen molar-refractivity contribution < 1.29 is 63.0 Å². The Hall–Kier alpha value is -9.63. The van der Waals surface area contributed by atoms with E-state index in [9.17, 15) is 44.4 Å². The van der Waals surface area contributed by atoms with Crippen LogP contribution >= 0.6 is 0 Å². The second-order valence-electron chi connectivity index (χ2n) is 16.9. The summed E-state index contributed by atoms with van der Waals surface area (Å²) < 4.78 is 14.5. The van der Waals surface area contributed by atoms with Crippen molar-refractivity contribution in [3.63, 3.8) is 0 Å². The largest absolute Gasteiger partial charge is 0.871 e. The maximum Gasteiger partial charge on any atom is 0.519 e. The molecule has 0 atom stereocenters. The van der Waals surface area contributed by atoms with Gasteiger partial charge in [-0.1, -0.05) is 23.7 Å². The Morgan fingerprint density at radius 2 is 0.943 bits per heavy atom. The summed E-state index contributed by atoms with van der Waals surface area (Å²) in [5.74, 6) is -4.48. The number of phenolic OH excluding ortho intramolecular Hbond substituents is 2. The van der Waals surface area contributed by atoms with Gasteiger partial charge >= 0.3 is 6.16 Å². The first kappa shape index (κ1) is 44.2. The predicted molar refractivity (Wildman–Crippen MR) is 254 cm³/mol. The molecule has 344 valence electrons. The molecule has 0 bridgehead atoms.